The maximum absolute atomic E-state index is 12.7. The number of rotatable bonds is 4. The summed E-state index contributed by atoms with van der Waals surface area (Å²) < 4.78 is 1.52. The molecular weight excluding hydrogens is 318 g/mol. The fourth-order valence-electron chi connectivity index (χ4n) is 3.34. The minimum atomic E-state index is -0.124. The molecule has 2 aromatic heterocycles. The molecule has 1 saturated heterocycles. The van der Waals surface area contributed by atoms with Crippen molar-refractivity contribution in [1.82, 2.24) is 24.6 Å². The van der Waals surface area contributed by atoms with Crippen LogP contribution in [0.1, 0.15) is 53.5 Å². The molecule has 7 heteroatoms. The number of hydrogen-bond donors (Lipinski definition) is 0. The zero-order valence-corrected chi connectivity index (χ0v) is 14.3. The lowest BCUT2D eigenvalue weighted by Crippen LogP contribution is -2.41. The summed E-state index contributed by atoms with van der Waals surface area (Å²) in [6.45, 7) is 2.95. The van der Waals surface area contributed by atoms with E-state index in [9.17, 15) is 9.59 Å². The number of hydrogen-bond acceptors (Lipinski definition) is 5. The Morgan fingerprint density at radius 2 is 2.04 bits per heavy atom. The Balaban J connectivity index is 1.53. The maximum Gasteiger partial charge on any atom is 0.274 e. The molecule has 0 spiro atoms. The molecule has 0 aromatic carbocycles. The first-order valence-electron chi connectivity index (χ1n) is 8.79. The summed E-state index contributed by atoms with van der Waals surface area (Å²) in [5.74, 6) is 0.373. The first-order valence-corrected chi connectivity index (χ1v) is 8.79. The van der Waals surface area contributed by atoms with Gasteiger partial charge in [-0.1, -0.05) is 0 Å². The molecule has 1 aliphatic heterocycles. The number of aryl methyl sites for hydroxylation is 1. The molecule has 0 bridgehead atoms. The average Bonchev–Trinajstić information content (AvgIpc) is 3.36. The van der Waals surface area contributed by atoms with Crippen LogP contribution in [0.5, 0.6) is 0 Å². The second kappa shape index (κ2) is 6.38. The monoisotopic (exact) mass is 339 g/mol. The third-order valence-electron chi connectivity index (χ3n) is 4.90. The van der Waals surface area contributed by atoms with Crippen molar-refractivity contribution in [1.29, 1.82) is 0 Å². The van der Waals surface area contributed by atoms with E-state index in [1.54, 1.807) is 17.2 Å². The lowest BCUT2D eigenvalue weighted by Gasteiger charge is -2.24. The van der Waals surface area contributed by atoms with Crippen LogP contribution in [-0.2, 0) is 6.54 Å². The highest BCUT2D eigenvalue weighted by Crippen LogP contribution is 2.38. The van der Waals surface area contributed by atoms with Gasteiger partial charge in [0.1, 0.15) is 5.69 Å². The molecule has 1 atom stereocenters. The Kier molecular flexibility index (Phi) is 4.07. The molecule has 2 aliphatic rings. The summed E-state index contributed by atoms with van der Waals surface area (Å²) in [6, 6.07) is 3.39. The van der Waals surface area contributed by atoms with Crippen LogP contribution in [0.25, 0.3) is 0 Å². The predicted octanol–water partition coefficient (Wildman–Crippen LogP) is 1.52. The van der Waals surface area contributed by atoms with Gasteiger partial charge in [0.25, 0.3) is 11.5 Å². The topological polar surface area (TPSA) is 81.0 Å². The quantitative estimate of drug-likeness (QED) is 0.844. The average molecular weight is 339 g/mol. The molecule has 3 heterocycles. The van der Waals surface area contributed by atoms with Crippen LogP contribution < -0.4 is 5.56 Å². The number of aromatic nitrogens is 4. The van der Waals surface area contributed by atoms with Gasteiger partial charge in [0, 0.05) is 24.7 Å². The molecule has 2 aromatic rings. The van der Waals surface area contributed by atoms with Gasteiger partial charge in [-0.05, 0) is 38.7 Å². The van der Waals surface area contributed by atoms with Gasteiger partial charge in [-0.15, -0.1) is 0 Å². The van der Waals surface area contributed by atoms with E-state index in [1.807, 2.05) is 13.0 Å². The van der Waals surface area contributed by atoms with Gasteiger partial charge in [-0.3, -0.25) is 14.6 Å². The van der Waals surface area contributed by atoms with E-state index in [0.29, 0.717) is 24.7 Å². The van der Waals surface area contributed by atoms with Crippen LogP contribution in [0.3, 0.4) is 0 Å². The maximum atomic E-state index is 12.7. The van der Waals surface area contributed by atoms with Crippen molar-refractivity contribution >= 4 is 5.91 Å². The van der Waals surface area contributed by atoms with Gasteiger partial charge in [0.15, 0.2) is 0 Å². The molecule has 7 nitrogen and oxygen atoms in total. The van der Waals surface area contributed by atoms with Crippen LogP contribution in [0.4, 0.5) is 0 Å². The minimum Gasteiger partial charge on any atom is -0.332 e. The predicted molar refractivity (Wildman–Crippen MR) is 91.3 cm³/mol. The Hall–Kier alpha value is -2.57. The van der Waals surface area contributed by atoms with Crippen molar-refractivity contribution in [3.8, 4) is 0 Å². The Morgan fingerprint density at radius 3 is 2.76 bits per heavy atom. The van der Waals surface area contributed by atoms with E-state index < -0.39 is 0 Å². The zero-order valence-electron chi connectivity index (χ0n) is 14.3. The first kappa shape index (κ1) is 15.9. The van der Waals surface area contributed by atoms with Crippen LogP contribution in [0.15, 0.2) is 29.3 Å². The number of carbonyl (C=O) groups is 1. The molecule has 0 N–H and O–H groups in total. The van der Waals surface area contributed by atoms with E-state index in [-0.39, 0.29) is 17.5 Å². The molecule has 1 unspecified atom stereocenters. The summed E-state index contributed by atoms with van der Waals surface area (Å²) in [6.07, 6.45) is 7.20. The SMILES string of the molecule is Cc1cnc(C(=O)N2CCCC2Cn2nc(C3CC3)ccc2=O)cn1. The van der Waals surface area contributed by atoms with Crippen molar-refractivity contribution in [2.75, 3.05) is 6.54 Å². The van der Waals surface area contributed by atoms with Crippen molar-refractivity contribution in [2.24, 2.45) is 0 Å². The molecule has 25 heavy (non-hydrogen) atoms. The van der Waals surface area contributed by atoms with E-state index in [0.717, 1.165) is 37.1 Å². The van der Waals surface area contributed by atoms with Crippen molar-refractivity contribution < 1.29 is 4.79 Å². The minimum absolute atomic E-state index is 0.0322. The second-order valence-corrected chi connectivity index (χ2v) is 6.89. The summed E-state index contributed by atoms with van der Waals surface area (Å²) in [5, 5.41) is 4.51. The summed E-state index contributed by atoms with van der Waals surface area (Å²) in [5.41, 5.74) is 2.01. The largest absolute Gasteiger partial charge is 0.332 e. The molecule has 1 saturated carbocycles. The Labute approximate surface area is 145 Å². The highest BCUT2D eigenvalue weighted by molar-refractivity contribution is 5.92. The molecule has 4 rings (SSSR count). The molecule has 130 valence electrons. The summed E-state index contributed by atoms with van der Waals surface area (Å²) >= 11 is 0. The van der Waals surface area contributed by atoms with Crippen molar-refractivity contribution in [3.63, 3.8) is 0 Å². The number of nitrogens with zero attached hydrogens (tertiary/aromatic N) is 5. The van der Waals surface area contributed by atoms with Gasteiger partial charge in [-0.25, -0.2) is 9.67 Å². The zero-order chi connectivity index (χ0) is 17.4. The molecular formula is C18H21N5O2. The highest BCUT2D eigenvalue weighted by atomic mass is 16.2. The van der Waals surface area contributed by atoms with Crippen LogP contribution in [-0.4, -0.2) is 43.1 Å². The highest BCUT2D eigenvalue weighted by Gasteiger charge is 2.31. The molecule has 1 aliphatic carbocycles. The van der Waals surface area contributed by atoms with Crippen molar-refractivity contribution in [2.45, 2.75) is 51.1 Å². The van der Waals surface area contributed by atoms with Crippen LogP contribution in [0.2, 0.25) is 0 Å². The lowest BCUT2D eigenvalue weighted by atomic mass is 10.2. The van der Waals surface area contributed by atoms with Gasteiger partial charge in [0.05, 0.1) is 30.2 Å². The van der Waals surface area contributed by atoms with Crippen LogP contribution in [0, 0.1) is 6.92 Å². The Bertz CT molecular complexity index is 841. The summed E-state index contributed by atoms with van der Waals surface area (Å²) in [7, 11) is 0. The van der Waals surface area contributed by atoms with E-state index in [4.69, 9.17) is 0 Å². The second-order valence-electron chi connectivity index (χ2n) is 6.89. The van der Waals surface area contributed by atoms with E-state index in [2.05, 4.69) is 15.1 Å². The molecule has 1 amide bonds. The lowest BCUT2D eigenvalue weighted by molar-refractivity contribution is 0.0713. The van der Waals surface area contributed by atoms with Crippen molar-refractivity contribution in [3.05, 3.63) is 52.0 Å². The van der Waals surface area contributed by atoms with E-state index >= 15 is 0 Å². The Morgan fingerprint density at radius 1 is 1.20 bits per heavy atom. The van der Waals surface area contributed by atoms with Gasteiger partial charge in [0.2, 0.25) is 0 Å². The normalized spacial score (nSPS) is 20.0. The number of amides is 1. The fourth-order valence-corrected chi connectivity index (χ4v) is 3.34. The van der Waals surface area contributed by atoms with Gasteiger partial charge < -0.3 is 4.90 Å². The van der Waals surface area contributed by atoms with E-state index in [1.165, 1.54) is 10.9 Å². The first-order chi connectivity index (χ1) is 12.1. The van der Waals surface area contributed by atoms with Gasteiger partial charge in [-0.2, -0.15) is 5.10 Å². The smallest absolute Gasteiger partial charge is 0.274 e. The number of carbonyl (C=O) groups excluding carboxylic acids is 1. The molecule has 0 radical (unpaired) electrons. The molecule has 2 fully saturated rings. The standard InChI is InChI=1S/C18H21N5O2/c1-12-9-20-16(10-19-12)18(25)22-8-2-3-14(22)11-23-17(24)7-6-15(21-23)13-4-5-13/h6-7,9-10,13-14H,2-5,8,11H2,1H3. The van der Waals surface area contributed by atoms with Gasteiger partial charge >= 0.3 is 0 Å². The number of likely N-dealkylation sites (tertiary alicyclic amines) is 1. The fraction of sp³-hybridized carbons (Fsp3) is 0.500. The third kappa shape index (κ3) is 3.31. The van der Waals surface area contributed by atoms with Crippen LogP contribution >= 0.6 is 0 Å². The summed E-state index contributed by atoms with van der Waals surface area (Å²) in [4.78, 5) is 35.1. The third-order valence-corrected chi connectivity index (χ3v) is 4.90.